The number of para-hydroxylation sites is 1. The molecule has 0 aromatic heterocycles. The van der Waals surface area contributed by atoms with Gasteiger partial charge in [0.15, 0.2) is 9.84 Å². The Hall–Kier alpha value is -1.11. The van der Waals surface area contributed by atoms with Crippen LogP contribution in [0.1, 0.15) is 6.92 Å². The van der Waals surface area contributed by atoms with Crippen LogP contribution in [-0.4, -0.2) is 59.5 Å². The van der Waals surface area contributed by atoms with Gasteiger partial charge < -0.3 is 15.0 Å². The van der Waals surface area contributed by atoms with Gasteiger partial charge in [0.2, 0.25) is 0 Å². The molecule has 0 fully saturated rings. The number of nitrogens with zero attached hydrogens (tertiary/aromatic N) is 1. The van der Waals surface area contributed by atoms with Crippen LogP contribution in [0.25, 0.3) is 0 Å². The van der Waals surface area contributed by atoms with Crippen LogP contribution in [0.5, 0.6) is 0 Å². The largest absolute Gasteiger partial charge is 0.382 e. The highest BCUT2D eigenvalue weighted by Crippen LogP contribution is 2.21. The van der Waals surface area contributed by atoms with Crippen molar-refractivity contribution in [2.45, 2.75) is 11.8 Å². The highest BCUT2D eigenvalue weighted by molar-refractivity contribution is 7.91. The zero-order valence-electron chi connectivity index (χ0n) is 12.4. The summed E-state index contributed by atoms with van der Waals surface area (Å²) < 4.78 is 29.4. The van der Waals surface area contributed by atoms with Crippen molar-refractivity contribution in [3.8, 4) is 0 Å². The van der Waals surface area contributed by atoms with Crippen LogP contribution in [-0.2, 0) is 14.6 Å². The molecule has 0 unspecified atom stereocenters. The Morgan fingerprint density at radius 1 is 1.20 bits per heavy atom. The Bertz CT molecular complexity index is 501. The average molecular weight is 300 g/mol. The van der Waals surface area contributed by atoms with Crippen LogP contribution in [0.4, 0.5) is 5.69 Å². The molecule has 0 aliphatic rings. The molecule has 0 spiro atoms. The molecule has 0 saturated carbocycles. The molecule has 0 aliphatic carbocycles. The van der Waals surface area contributed by atoms with Gasteiger partial charge in [0.1, 0.15) is 0 Å². The molecule has 20 heavy (non-hydrogen) atoms. The fraction of sp³-hybridized carbons (Fsp3) is 0.571. The Balaban J connectivity index is 2.49. The Morgan fingerprint density at radius 2 is 1.90 bits per heavy atom. The monoisotopic (exact) mass is 300 g/mol. The second-order valence-corrected chi connectivity index (χ2v) is 6.99. The number of ether oxygens (including phenoxy) is 1. The summed E-state index contributed by atoms with van der Waals surface area (Å²) in [5.74, 6) is 0.102. The average Bonchev–Trinajstić information content (AvgIpc) is 2.42. The second kappa shape index (κ2) is 8.24. The van der Waals surface area contributed by atoms with Gasteiger partial charge in [-0.05, 0) is 26.2 Å². The fourth-order valence-corrected chi connectivity index (χ4v) is 2.72. The molecule has 114 valence electrons. The number of hydrogen-bond donors (Lipinski definition) is 1. The lowest BCUT2D eigenvalue weighted by atomic mass is 10.3. The van der Waals surface area contributed by atoms with Gasteiger partial charge in [0.05, 0.1) is 29.5 Å². The van der Waals surface area contributed by atoms with Crippen molar-refractivity contribution in [2.75, 3.05) is 51.5 Å². The Morgan fingerprint density at radius 3 is 2.55 bits per heavy atom. The molecular formula is C14H24N2O3S. The van der Waals surface area contributed by atoms with E-state index in [9.17, 15) is 8.42 Å². The lowest BCUT2D eigenvalue weighted by Crippen LogP contribution is -2.20. The summed E-state index contributed by atoms with van der Waals surface area (Å²) in [5.41, 5.74) is 0.644. The van der Waals surface area contributed by atoms with E-state index in [1.165, 1.54) is 0 Å². The SMILES string of the molecule is CCS(=O)(=O)c1ccccc1NCCOCCN(C)C. The van der Waals surface area contributed by atoms with Gasteiger partial charge in [-0.1, -0.05) is 19.1 Å². The summed E-state index contributed by atoms with van der Waals surface area (Å²) in [5, 5.41) is 3.12. The van der Waals surface area contributed by atoms with Gasteiger partial charge in [-0.25, -0.2) is 8.42 Å². The molecule has 0 saturated heterocycles. The number of anilines is 1. The van der Waals surface area contributed by atoms with E-state index < -0.39 is 9.84 Å². The van der Waals surface area contributed by atoms with Crippen LogP contribution in [0, 0.1) is 0 Å². The van der Waals surface area contributed by atoms with Crippen LogP contribution in [0.3, 0.4) is 0 Å². The molecule has 0 atom stereocenters. The molecule has 6 heteroatoms. The molecule has 0 bridgehead atoms. The van der Waals surface area contributed by atoms with Crippen molar-refractivity contribution in [3.05, 3.63) is 24.3 Å². The number of benzene rings is 1. The number of hydrogen-bond acceptors (Lipinski definition) is 5. The lowest BCUT2D eigenvalue weighted by molar-refractivity contribution is 0.126. The summed E-state index contributed by atoms with van der Waals surface area (Å²) in [6.45, 7) is 4.33. The fourth-order valence-electron chi connectivity index (χ4n) is 1.65. The predicted octanol–water partition coefficient (Wildman–Crippen LogP) is 1.47. The number of rotatable bonds is 9. The van der Waals surface area contributed by atoms with Gasteiger partial charge in [0, 0.05) is 13.1 Å². The smallest absolute Gasteiger partial charge is 0.180 e. The summed E-state index contributed by atoms with van der Waals surface area (Å²) in [7, 11) is 0.790. The maximum absolute atomic E-state index is 12.0. The van der Waals surface area contributed by atoms with Gasteiger partial charge in [-0.3, -0.25) is 0 Å². The van der Waals surface area contributed by atoms with E-state index in [-0.39, 0.29) is 5.75 Å². The number of sulfone groups is 1. The Kier molecular flexibility index (Phi) is 6.98. The van der Waals surface area contributed by atoms with Crippen molar-refractivity contribution >= 4 is 15.5 Å². The van der Waals surface area contributed by atoms with Crippen molar-refractivity contribution in [3.63, 3.8) is 0 Å². The summed E-state index contributed by atoms with van der Waals surface area (Å²) in [6, 6.07) is 6.97. The van der Waals surface area contributed by atoms with Gasteiger partial charge in [0.25, 0.3) is 0 Å². The third kappa shape index (κ3) is 5.48. The topological polar surface area (TPSA) is 58.6 Å². The quantitative estimate of drug-likeness (QED) is 0.700. The maximum Gasteiger partial charge on any atom is 0.180 e. The molecule has 0 aliphatic heterocycles. The summed E-state index contributed by atoms with van der Waals surface area (Å²) in [4.78, 5) is 2.41. The molecule has 1 rings (SSSR count). The standard InChI is InChI=1S/C14H24N2O3S/c1-4-20(17,18)14-8-6-5-7-13(14)15-9-11-19-12-10-16(2)3/h5-8,15H,4,9-12H2,1-3H3. The van der Waals surface area contributed by atoms with Gasteiger partial charge >= 0.3 is 0 Å². The van der Waals surface area contributed by atoms with Crippen LogP contribution < -0.4 is 5.32 Å². The van der Waals surface area contributed by atoms with Crippen molar-refractivity contribution in [1.82, 2.24) is 4.90 Å². The first-order chi connectivity index (χ1) is 9.47. The van der Waals surface area contributed by atoms with E-state index in [0.29, 0.717) is 30.3 Å². The number of nitrogens with one attached hydrogen (secondary N) is 1. The second-order valence-electron chi connectivity index (χ2n) is 4.74. The van der Waals surface area contributed by atoms with Crippen LogP contribution in [0.15, 0.2) is 29.2 Å². The van der Waals surface area contributed by atoms with E-state index in [4.69, 9.17) is 4.74 Å². The molecule has 0 heterocycles. The summed E-state index contributed by atoms with van der Waals surface area (Å²) >= 11 is 0. The predicted molar refractivity (Wildman–Crippen MR) is 82.0 cm³/mol. The maximum atomic E-state index is 12.0. The first-order valence-corrected chi connectivity index (χ1v) is 8.40. The third-order valence-electron chi connectivity index (χ3n) is 2.85. The van der Waals surface area contributed by atoms with Crippen molar-refractivity contribution in [1.29, 1.82) is 0 Å². The van der Waals surface area contributed by atoms with Crippen LogP contribution >= 0.6 is 0 Å². The first kappa shape index (κ1) is 16.9. The van der Waals surface area contributed by atoms with E-state index >= 15 is 0 Å². The first-order valence-electron chi connectivity index (χ1n) is 6.75. The van der Waals surface area contributed by atoms with Gasteiger partial charge in [-0.2, -0.15) is 0 Å². The van der Waals surface area contributed by atoms with Crippen molar-refractivity contribution in [2.24, 2.45) is 0 Å². The van der Waals surface area contributed by atoms with E-state index in [1.54, 1.807) is 25.1 Å². The normalized spacial score (nSPS) is 11.8. The zero-order chi connectivity index (χ0) is 15.0. The third-order valence-corrected chi connectivity index (χ3v) is 4.63. The molecule has 1 N–H and O–H groups in total. The molecule has 0 radical (unpaired) electrons. The zero-order valence-corrected chi connectivity index (χ0v) is 13.2. The molecule has 5 nitrogen and oxygen atoms in total. The lowest BCUT2D eigenvalue weighted by Gasteiger charge is -2.13. The highest BCUT2D eigenvalue weighted by atomic mass is 32.2. The summed E-state index contributed by atoms with van der Waals surface area (Å²) in [6.07, 6.45) is 0. The minimum absolute atomic E-state index is 0.102. The highest BCUT2D eigenvalue weighted by Gasteiger charge is 2.15. The molecule has 1 aromatic rings. The minimum atomic E-state index is -3.20. The van der Waals surface area contributed by atoms with E-state index in [2.05, 4.69) is 10.2 Å². The number of likely N-dealkylation sites (N-methyl/N-ethyl adjacent to an activating group) is 1. The van der Waals surface area contributed by atoms with E-state index in [0.717, 1.165) is 6.54 Å². The van der Waals surface area contributed by atoms with Crippen LogP contribution in [0.2, 0.25) is 0 Å². The molecule has 1 aromatic carbocycles. The molecular weight excluding hydrogens is 276 g/mol. The van der Waals surface area contributed by atoms with Gasteiger partial charge in [-0.15, -0.1) is 0 Å². The van der Waals surface area contributed by atoms with E-state index in [1.807, 2.05) is 20.2 Å². The Labute approximate surface area is 121 Å². The molecule has 0 amide bonds. The minimum Gasteiger partial charge on any atom is -0.382 e. The van der Waals surface area contributed by atoms with Crippen molar-refractivity contribution < 1.29 is 13.2 Å².